The van der Waals surface area contributed by atoms with Gasteiger partial charge in [-0.2, -0.15) is 37.9 Å². The molecule has 0 aliphatic carbocycles. The molecule has 0 fully saturated rings. The third-order valence-corrected chi connectivity index (χ3v) is 3.67. The topological polar surface area (TPSA) is 199 Å². The molecule has 0 heterocycles. The summed E-state index contributed by atoms with van der Waals surface area (Å²) in [5, 5.41) is 31.7. The van der Waals surface area contributed by atoms with Gasteiger partial charge in [0, 0.05) is 38.0 Å². The largest absolute Gasteiger partial charge is 0.480 e. The molecule has 0 rings (SSSR count). The fourth-order valence-corrected chi connectivity index (χ4v) is 2.03. The maximum absolute atomic E-state index is 10.3. The van der Waals surface area contributed by atoms with Gasteiger partial charge >= 0.3 is 17.9 Å². The average molecular weight is 490 g/mol. The molecule has 3 amide bonds. The maximum atomic E-state index is 10.3. The van der Waals surface area contributed by atoms with Gasteiger partial charge in [0.15, 0.2) is 0 Å². The van der Waals surface area contributed by atoms with Crippen LogP contribution in [0.5, 0.6) is 0 Å². The number of nitrogens with one attached hydrogen (secondary N) is 3. The Balaban J connectivity index is -0.000000364. The Bertz CT molecular complexity index is 524. The number of carbonyl (C=O) groups is 6. The molecule has 0 aliphatic rings. The minimum absolute atomic E-state index is 0.106. The molecule has 6 N–H and O–H groups in total. The van der Waals surface area contributed by atoms with Crippen molar-refractivity contribution in [1.29, 1.82) is 0 Å². The molecule has 0 unspecified atom stereocenters. The number of thiol groups is 3. The van der Waals surface area contributed by atoms with Gasteiger partial charge in [-0.25, -0.2) is 14.4 Å². The van der Waals surface area contributed by atoms with Crippen LogP contribution < -0.4 is 16.0 Å². The van der Waals surface area contributed by atoms with Gasteiger partial charge in [0.05, 0.1) is 0 Å². The summed E-state index contributed by atoms with van der Waals surface area (Å²) in [6.07, 6.45) is 0. The van der Waals surface area contributed by atoms with Gasteiger partial charge in [0.1, 0.15) is 18.1 Å². The first kappa shape index (κ1) is 32.5. The number of hydrogen-bond donors (Lipinski definition) is 9. The van der Waals surface area contributed by atoms with Crippen molar-refractivity contribution in [3.8, 4) is 0 Å². The van der Waals surface area contributed by atoms with Crippen molar-refractivity contribution < 1.29 is 44.1 Å². The third kappa shape index (κ3) is 20.6. The van der Waals surface area contributed by atoms with Gasteiger partial charge in [-0.3, -0.25) is 14.4 Å². The summed E-state index contributed by atoms with van der Waals surface area (Å²) in [4.78, 5) is 61.5. The van der Waals surface area contributed by atoms with Crippen LogP contribution in [-0.4, -0.2) is 86.3 Å². The van der Waals surface area contributed by atoms with Crippen LogP contribution in [0.3, 0.4) is 0 Å². The summed E-state index contributed by atoms with van der Waals surface area (Å²) >= 11 is 11.2. The number of hydrogen-bond acceptors (Lipinski definition) is 9. The molecule has 12 nitrogen and oxygen atoms in total. The van der Waals surface area contributed by atoms with E-state index in [1.165, 1.54) is 20.8 Å². The zero-order valence-corrected chi connectivity index (χ0v) is 19.2. The number of aliphatic carboxylic acids is 3. The summed E-state index contributed by atoms with van der Waals surface area (Å²) in [5.41, 5.74) is 0. The van der Waals surface area contributed by atoms with E-state index < -0.39 is 36.0 Å². The SMILES string of the molecule is CC(=O)N[C@@H](CS)C(=O)O.CC(=O)N[C@@H](CS)C(=O)O.CC(=O)N[C@H](CS)C(=O)O. The lowest BCUT2D eigenvalue weighted by atomic mass is 10.3. The van der Waals surface area contributed by atoms with Crippen molar-refractivity contribution >= 4 is 73.5 Å². The second-order valence-corrected chi connectivity index (χ2v) is 6.42. The Morgan fingerprint density at radius 2 is 0.733 bits per heavy atom. The van der Waals surface area contributed by atoms with Crippen LogP contribution in [0.1, 0.15) is 20.8 Å². The van der Waals surface area contributed by atoms with Crippen LogP contribution >= 0.6 is 37.9 Å². The smallest absolute Gasteiger partial charge is 0.327 e. The highest BCUT2D eigenvalue weighted by Gasteiger charge is 2.16. The molecule has 0 saturated heterocycles. The minimum atomic E-state index is -1.06. The highest BCUT2D eigenvalue weighted by Crippen LogP contribution is 1.88. The van der Waals surface area contributed by atoms with E-state index in [0.29, 0.717) is 0 Å². The van der Waals surface area contributed by atoms with E-state index in [1.807, 2.05) is 0 Å². The zero-order chi connectivity index (χ0) is 24.4. The summed E-state index contributed by atoms with van der Waals surface area (Å²) in [6, 6.07) is -2.62. The lowest BCUT2D eigenvalue weighted by Crippen LogP contribution is -2.40. The van der Waals surface area contributed by atoms with Crippen LogP contribution in [0.4, 0.5) is 0 Å². The van der Waals surface area contributed by atoms with Gasteiger partial charge in [-0.15, -0.1) is 0 Å². The lowest BCUT2D eigenvalue weighted by Gasteiger charge is -2.08. The predicted molar refractivity (Wildman–Crippen MR) is 117 cm³/mol. The number of carboxylic acid groups (broad SMARTS) is 3. The summed E-state index contributed by atoms with van der Waals surface area (Å²) in [6.45, 7) is 3.79. The van der Waals surface area contributed by atoms with Crippen molar-refractivity contribution in [2.24, 2.45) is 0 Å². The Hall–Kier alpha value is -2.13. The van der Waals surface area contributed by atoms with Gasteiger partial charge < -0.3 is 31.3 Å². The van der Waals surface area contributed by atoms with Crippen molar-refractivity contribution in [2.45, 2.75) is 38.9 Å². The molecule has 30 heavy (non-hydrogen) atoms. The first-order valence-electron chi connectivity index (χ1n) is 8.05. The molecule has 0 aliphatic heterocycles. The molecule has 0 bridgehead atoms. The van der Waals surface area contributed by atoms with E-state index in [0.717, 1.165) is 0 Å². The quantitative estimate of drug-likeness (QED) is 0.173. The fourth-order valence-electron chi connectivity index (χ4n) is 1.29. The van der Waals surface area contributed by atoms with Crippen LogP contribution in [0, 0.1) is 0 Å². The van der Waals surface area contributed by atoms with E-state index in [4.69, 9.17) is 15.3 Å². The standard InChI is InChI=1S/3C5H9NO3S/c3*1-3(7)6-4(2-10)5(8)9/h3*4,10H,2H2,1H3,(H,6,7)(H,8,9)/t3*4-/m100/s1. The summed E-state index contributed by atoms with van der Waals surface area (Å²) < 4.78 is 0. The molecule has 0 aromatic heterocycles. The van der Waals surface area contributed by atoms with Crippen molar-refractivity contribution in [1.82, 2.24) is 16.0 Å². The van der Waals surface area contributed by atoms with Gasteiger partial charge in [-0.1, -0.05) is 0 Å². The highest BCUT2D eigenvalue weighted by molar-refractivity contribution is 7.80. The molecule has 174 valence electrons. The Morgan fingerprint density at radius 1 is 0.567 bits per heavy atom. The van der Waals surface area contributed by atoms with Crippen LogP contribution in [-0.2, 0) is 28.8 Å². The molecule has 3 atom stereocenters. The molecule has 15 heteroatoms. The lowest BCUT2D eigenvalue weighted by molar-refractivity contribution is -0.141. The first-order valence-corrected chi connectivity index (χ1v) is 9.95. The molecular formula is C15H27N3O9S3. The third-order valence-electron chi connectivity index (χ3n) is 2.57. The van der Waals surface area contributed by atoms with E-state index in [1.54, 1.807) is 0 Å². The first-order chi connectivity index (χ1) is 13.7. The van der Waals surface area contributed by atoms with Crippen molar-refractivity contribution in [3.05, 3.63) is 0 Å². The number of carboxylic acids is 3. The molecule has 0 aromatic rings. The molecule has 0 spiro atoms. The molecule has 0 saturated carbocycles. The second kappa shape index (κ2) is 18.9. The molecular weight excluding hydrogens is 462 g/mol. The summed E-state index contributed by atoms with van der Waals surface area (Å²) in [7, 11) is 0. The van der Waals surface area contributed by atoms with E-state index in [2.05, 4.69) is 53.8 Å². The van der Waals surface area contributed by atoms with E-state index in [9.17, 15) is 28.8 Å². The van der Waals surface area contributed by atoms with Crippen LogP contribution in [0.25, 0.3) is 0 Å². The fraction of sp³-hybridized carbons (Fsp3) is 0.600. The van der Waals surface area contributed by atoms with Crippen LogP contribution in [0.15, 0.2) is 0 Å². The Morgan fingerprint density at radius 3 is 0.767 bits per heavy atom. The second-order valence-electron chi connectivity index (χ2n) is 5.32. The van der Waals surface area contributed by atoms with E-state index >= 15 is 0 Å². The van der Waals surface area contributed by atoms with Crippen LogP contribution in [0.2, 0.25) is 0 Å². The Kier molecular flexibility index (Phi) is 20.5. The van der Waals surface area contributed by atoms with Crippen molar-refractivity contribution in [2.75, 3.05) is 17.3 Å². The highest BCUT2D eigenvalue weighted by atomic mass is 32.1. The van der Waals surface area contributed by atoms with E-state index in [-0.39, 0.29) is 35.0 Å². The minimum Gasteiger partial charge on any atom is -0.480 e. The molecule has 0 aromatic carbocycles. The normalized spacial score (nSPS) is 12.2. The number of rotatable bonds is 9. The number of carbonyl (C=O) groups excluding carboxylic acids is 3. The van der Waals surface area contributed by atoms with Gasteiger partial charge in [0.25, 0.3) is 0 Å². The van der Waals surface area contributed by atoms with Gasteiger partial charge in [-0.05, 0) is 0 Å². The zero-order valence-electron chi connectivity index (χ0n) is 16.5. The maximum Gasteiger partial charge on any atom is 0.327 e. The molecule has 0 radical (unpaired) electrons. The Labute approximate surface area is 189 Å². The summed E-state index contributed by atoms with van der Waals surface area (Å²) in [5.74, 6) is -3.95. The monoisotopic (exact) mass is 489 g/mol. The average Bonchev–Trinajstić information content (AvgIpc) is 2.61. The number of amides is 3. The van der Waals surface area contributed by atoms with Crippen molar-refractivity contribution in [3.63, 3.8) is 0 Å². The predicted octanol–water partition coefficient (Wildman–Crippen LogP) is -1.48. The van der Waals surface area contributed by atoms with Gasteiger partial charge in [0.2, 0.25) is 17.7 Å².